The molecule has 96 valence electrons. The summed E-state index contributed by atoms with van der Waals surface area (Å²) in [4.78, 5) is 0. The maximum absolute atomic E-state index is 10.7. The third kappa shape index (κ3) is 3.71. The Hall–Kier alpha value is -2.13. The third-order valence-electron chi connectivity index (χ3n) is 2.02. The zero-order valence-electron chi connectivity index (χ0n) is 9.22. The minimum atomic E-state index is -3.97. The van der Waals surface area contributed by atoms with Crippen LogP contribution in [0.5, 0.6) is 5.75 Å². The van der Waals surface area contributed by atoms with Crippen LogP contribution in [-0.2, 0) is 16.8 Å². The second-order valence-corrected chi connectivity index (χ2v) is 4.58. The zero-order valence-corrected chi connectivity index (χ0v) is 10.0. The molecule has 18 heavy (non-hydrogen) atoms. The standard InChI is InChI=1S/C9H11N5O3S/c10-18(15,16)17-9-3-1-8(2-4-9)5-13-14-6-11-12-7-14/h1-4,6-7,13H,5H2,(H2,10,15,16). The number of nitrogens with two attached hydrogens (primary N) is 1. The lowest BCUT2D eigenvalue weighted by Crippen LogP contribution is -2.19. The molecule has 0 bridgehead atoms. The maximum Gasteiger partial charge on any atom is 0.380 e. The molecule has 0 spiro atoms. The van der Waals surface area contributed by atoms with E-state index in [1.165, 1.54) is 24.8 Å². The first-order valence-electron chi connectivity index (χ1n) is 4.92. The third-order valence-corrected chi connectivity index (χ3v) is 2.44. The van der Waals surface area contributed by atoms with Crippen molar-refractivity contribution in [3.8, 4) is 5.75 Å². The fraction of sp³-hybridized carbons (Fsp3) is 0.111. The molecule has 0 saturated carbocycles. The molecule has 0 aliphatic rings. The fourth-order valence-corrected chi connectivity index (χ4v) is 1.64. The van der Waals surface area contributed by atoms with E-state index in [4.69, 9.17) is 5.14 Å². The van der Waals surface area contributed by atoms with Gasteiger partial charge in [0.15, 0.2) is 0 Å². The molecule has 0 atom stereocenters. The van der Waals surface area contributed by atoms with Crippen LogP contribution in [0.15, 0.2) is 36.9 Å². The summed E-state index contributed by atoms with van der Waals surface area (Å²) in [6.45, 7) is 0.535. The second kappa shape index (κ2) is 5.02. The van der Waals surface area contributed by atoms with Crippen molar-refractivity contribution < 1.29 is 12.6 Å². The van der Waals surface area contributed by atoms with Crippen molar-refractivity contribution in [1.82, 2.24) is 14.9 Å². The highest BCUT2D eigenvalue weighted by molar-refractivity contribution is 7.84. The first-order chi connectivity index (χ1) is 8.53. The van der Waals surface area contributed by atoms with Crippen molar-refractivity contribution in [2.24, 2.45) is 5.14 Å². The number of benzene rings is 1. The molecule has 1 aromatic heterocycles. The molecule has 0 radical (unpaired) electrons. The average molecular weight is 269 g/mol. The Morgan fingerprint density at radius 1 is 1.22 bits per heavy atom. The van der Waals surface area contributed by atoms with Gasteiger partial charge in [-0.25, -0.2) is 4.68 Å². The highest BCUT2D eigenvalue weighted by atomic mass is 32.2. The van der Waals surface area contributed by atoms with Crippen LogP contribution >= 0.6 is 0 Å². The molecule has 0 unspecified atom stereocenters. The molecule has 1 aromatic carbocycles. The minimum Gasteiger partial charge on any atom is -0.371 e. The van der Waals surface area contributed by atoms with E-state index in [-0.39, 0.29) is 5.75 Å². The van der Waals surface area contributed by atoms with Crippen molar-refractivity contribution >= 4 is 10.3 Å². The van der Waals surface area contributed by atoms with Crippen LogP contribution in [0.3, 0.4) is 0 Å². The molecular weight excluding hydrogens is 258 g/mol. The number of hydrogen-bond acceptors (Lipinski definition) is 6. The SMILES string of the molecule is NS(=O)(=O)Oc1ccc(CNn2cnnc2)cc1. The van der Waals surface area contributed by atoms with Gasteiger partial charge in [0.1, 0.15) is 18.4 Å². The Bertz CT molecular complexity index is 594. The topological polar surface area (TPSA) is 112 Å². The number of nitrogens with zero attached hydrogens (tertiary/aromatic N) is 3. The normalized spacial score (nSPS) is 11.2. The Labute approximate surface area is 104 Å². The number of hydrogen-bond donors (Lipinski definition) is 2. The molecule has 0 aliphatic carbocycles. The Balaban J connectivity index is 1.95. The lowest BCUT2D eigenvalue weighted by Gasteiger charge is -2.07. The van der Waals surface area contributed by atoms with Gasteiger partial charge in [0, 0.05) is 0 Å². The molecule has 0 saturated heterocycles. The van der Waals surface area contributed by atoms with Gasteiger partial charge >= 0.3 is 10.3 Å². The van der Waals surface area contributed by atoms with Crippen LogP contribution in [0.4, 0.5) is 0 Å². The van der Waals surface area contributed by atoms with Crippen LogP contribution in [0.25, 0.3) is 0 Å². The van der Waals surface area contributed by atoms with Gasteiger partial charge in [0.25, 0.3) is 0 Å². The lowest BCUT2D eigenvalue weighted by atomic mass is 10.2. The molecule has 1 heterocycles. The van der Waals surface area contributed by atoms with Crippen LogP contribution in [0, 0.1) is 0 Å². The van der Waals surface area contributed by atoms with Gasteiger partial charge in [0.2, 0.25) is 0 Å². The van der Waals surface area contributed by atoms with Gasteiger partial charge in [-0.1, -0.05) is 12.1 Å². The molecule has 0 amide bonds. The monoisotopic (exact) mass is 269 g/mol. The molecular formula is C9H11N5O3S. The van der Waals surface area contributed by atoms with Crippen molar-refractivity contribution in [2.75, 3.05) is 5.43 Å². The van der Waals surface area contributed by atoms with E-state index >= 15 is 0 Å². The minimum absolute atomic E-state index is 0.172. The van der Waals surface area contributed by atoms with Crippen LogP contribution in [0.2, 0.25) is 0 Å². The molecule has 2 aromatic rings. The van der Waals surface area contributed by atoms with Crippen LogP contribution < -0.4 is 14.7 Å². The first-order valence-corrected chi connectivity index (χ1v) is 6.40. The molecule has 9 heteroatoms. The molecule has 0 fully saturated rings. The summed E-state index contributed by atoms with van der Waals surface area (Å²) >= 11 is 0. The van der Waals surface area contributed by atoms with Gasteiger partial charge in [-0.3, -0.25) is 0 Å². The van der Waals surface area contributed by atoms with Gasteiger partial charge < -0.3 is 9.61 Å². The second-order valence-electron chi connectivity index (χ2n) is 3.42. The fourth-order valence-electron chi connectivity index (χ4n) is 1.26. The zero-order chi connectivity index (χ0) is 13.0. The summed E-state index contributed by atoms with van der Waals surface area (Å²) in [5, 5.41) is 12.0. The van der Waals surface area contributed by atoms with E-state index in [1.54, 1.807) is 16.8 Å². The Morgan fingerprint density at radius 2 is 1.83 bits per heavy atom. The largest absolute Gasteiger partial charge is 0.380 e. The van der Waals surface area contributed by atoms with Gasteiger partial charge in [0.05, 0.1) is 6.54 Å². The molecule has 0 aliphatic heterocycles. The number of nitrogens with one attached hydrogen (secondary N) is 1. The van der Waals surface area contributed by atoms with Crippen molar-refractivity contribution in [2.45, 2.75) is 6.54 Å². The summed E-state index contributed by atoms with van der Waals surface area (Å²) in [5.74, 6) is 0.172. The molecule has 2 rings (SSSR count). The number of aromatic nitrogens is 3. The summed E-state index contributed by atoms with van der Waals surface area (Å²) in [5.41, 5.74) is 3.95. The summed E-state index contributed by atoms with van der Waals surface area (Å²) < 4.78 is 27.5. The maximum atomic E-state index is 10.7. The smallest absolute Gasteiger partial charge is 0.371 e. The Morgan fingerprint density at radius 3 is 2.39 bits per heavy atom. The van der Waals surface area contributed by atoms with E-state index in [0.29, 0.717) is 6.54 Å². The molecule has 3 N–H and O–H groups in total. The van der Waals surface area contributed by atoms with Crippen LogP contribution in [0.1, 0.15) is 5.56 Å². The molecule has 8 nitrogen and oxygen atoms in total. The lowest BCUT2D eigenvalue weighted by molar-refractivity contribution is 0.487. The van der Waals surface area contributed by atoms with Crippen molar-refractivity contribution in [1.29, 1.82) is 0 Å². The predicted octanol–water partition coefficient (Wildman–Crippen LogP) is -0.396. The van der Waals surface area contributed by atoms with Gasteiger partial charge in [-0.05, 0) is 17.7 Å². The van der Waals surface area contributed by atoms with E-state index in [2.05, 4.69) is 19.8 Å². The van der Waals surface area contributed by atoms with Gasteiger partial charge in [-0.2, -0.15) is 13.6 Å². The van der Waals surface area contributed by atoms with E-state index in [9.17, 15) is 8.42 Å². The highest BCUT2D eigenvalue weighted by Gasteiger charge is 2.04. The van der Waals surface area contributed by atoms with Gasteiger partial charge in [-0.15, -0.1) is 10.2 Å². The van der Waals surface area contributed by atoms with Crippen molar-refractivity contribution in [3.63, 3.8) is 0 Å². The first kappa shape index (κ1) is 12.3. The number of rotatable bonds is 5. The van der Waals surface area contributed by atoms with E-state index in [1.807, 2.05) is 0 Å². The summed E-state index contributed by atoms with van der Waals surface area (Å²) in [6.07, 6.45) is 3.05. The summed E-state index contributed by atoms with van der Waals surface area (Å²) in [7, 11) is -3.97. The predicted molar refractivity (Wildman–Crippen MR) is 63.3 cm³/mol. The van der Waals surface area contributed by atoms with E-state index < -0.39 is 10.3 Å². The van der Waals surface area contributed by atoms with Crippen molar-refractivity contribution in [3.05, 3.63) is 42.5 Å². The average Bonchev–Trinajstić information content (AvgIpc) is 2.79. The van der Waals surface area contributed by atoms with Crippen LogP contribution in [-0.4, -0.2) is 23.3 Å². The highest BCUT2D eigenvalue weighted by Crippen LogP contribution is 2.13. The summed E-state index contributed by atoms with van der Waals surface area (Å²) in [6, 6.07) is 6.48. The Kier molecular flexibility index (Phi) is 3.44. The quantitative estimate of drug-likeness (QED) is 0.764. The van der Waals surface area contributed by atoms with E-state index in [0.717, 1.165) is 5.56 Å².